The van der Waals surface area contributed by atoms with Crippen LogP contribution >= 0.6 is 0 Å². The van der Waals surface area contributed by atoms with Crippen LogP contribution < -0.4 is 37.5 Å². The molecule has 387 valence electrons. The van der Waals surface area contributed by atoms with E-state index < -0.39 is 84.1 Å². The van der Waals surface area contributed by atoms with Gasteiger partial charge in [0.25, 0.3) is 11.5 Å². The van der Waals surface area contributed by atoms with Gasteiger partial charge in [-0.05, 0) is 42.2 Å². The maximum absolute atomic E-state index is 15.0. The zero-order valence-corrected chi connectivity index (χ0v) is 42.3. The number of hydrogen-bond acceptors (Lipinski definition) is 16. The van der Waals surface area contributed by atoms with Crippen molar-refractivity contribution in [2.24, 2.45) is 0 Å². The summed E-state index contributed by atoms with van der Waals surface area (Å²) in [7, 11) is 0. The summed E-state index contributed by atoms with van der Waals surface area (Å²) in [6.07, 6.45) is 2.59. The van der Waals surface area contributed by atoms with E-state index in [0.717, 1.165) is 0 Å². The van der Waals surface area contributed by atoms with Crippen LogP contribution in [0.1, 0.15) is 57.1 Å². The third-order valence-electron chi connectivity index (χ3n) is 11.8. The molecule has 0 saturated heterocycles. The number of rotatable bonds is 22. The van der Waals surface area contributed by atoms with Crippen molar-refractivity contribution in [1.29, 1.82) is 0 Å². The standard InChI is InChI=1S/C48H51FN10O12S.Tb/c1-3-48(68)33-15-37-42-31(23-59(37)45(66)32(33)24-71-46(48)67)30(29-13-26(2)34(49)16-35(29)58-42)19-51-39(61)21-54-44(65)36(14-27-7-5-4-6-8-27)57-40(62)22-52-38(60)20-53-41(63)25-70-12-11-69-10-9-50-43(64)28-17-55-47(72)56-18-28;/h4-8,13,15-18,36,68H,3,9-12,14,19-25H2,1-2H3,(H,50,64)(H,51,61)(H,52,60)(H,53,63)(H,54,65)(H,57,62)(H,55,56,72);/p-1/t36-,48+;/m0./s1. The summed E-state index contributed by atoms with van der Waals surface area (Å²) < 4.78 is 32.2. The zero-order valence-electron chi connectivity index (χ0n) is 39.4. The molecular formula is C48H50FN10O12STb-. The molecule has 2 aromatic carbocycles. The third-order valence-corrected chi connectivity index (χ3v) is 12.0. The van der Waals surface area contributed by atoms with Gasteiger partial charge in [-0.25, -0.2) is 14.2 Å². The zero-order chi connectivity index (χ0) is 51.5. The fourth-order valence-electron chi connectivity index (χ4n) is 7.97. The summed E-state index contributed by atoms with van der Waals surface area (Å²) in [4.78, 5) is 116. The van der Waals surface area contributed by atoms with Gasteiger partial charge in [-0.1, -0.05) is 37.3 Å². The summed E-state index contributed by atoms with van der Waals surface area (Å²) in [5.74, 6) is -5.19. The molecule has 22 nitrogen and oxygen atoms in total. The molecule has 5 heterocycles. The average molecular weight is 1170 g/mol. The molecule has 0 unspecified atom stereocenters. The van der Waals surface area contributed by atoms with Crippen molar-refractivity contribution in [2.45, 2.75) is 63.2 Å². The number of fused-ring (bicyclic) bond motifs is 5. The van der Waals surface area contributed by atoms with Crippen molar-refractivity contribution in [3.63, 3.8) is 0 Å². The number of carbonyl (C=O) groups excluding carboxylic acids is 7. The number of nitrogens with zero attached hydrogens (tertiary/aromatic N) is 4. The first kappa shape index (κ1) is 55.8. The van der Waals surface area contributed by atoms with Crippen molar-refractivity contribution < 1.29 is 95.9 Å². The van der Waals surface area contributed by atoms with E-state index in [0.29, 0.717) is 39.0 Å². The van der Waals surface area contributed by atoms with Crippen LogP contribution in [0.25, 0.3) is 22.3 Å². The maximum atomic E-state index is 15.0. The first-order chi connectivity index (χ1) is 34.6. The van der Waals surface area contributed by atoms with Crippen molar-refractivity contribution in [1.82, 2.24) is 51.4 Å². The number of hydrogen-bond donors (Lipinski definition) is 7. The molecule has 1 radical (unpaired) electrons. The van der Waals surface area contributed by atoms with Gasteiger partial charge in [-0.2, -0.15) is 0 Å². The van der Waals surface area contributed by atoms with Gasteiger partial charge < -0.3 is 68.4 Å². The summed E-state index contributed by atoms with van der Waals surface area (Å²) in [6, 6.07) is 11.9. The van der Waals surface area contributed by atoms with Crippen LogP contribution in [0.15, 0.2) is 70.9 Å². The van der Waals surface area contributed by atoms with Gasteiger partial charge in [-0.3, -0.25) is 43.5 Å². The second kappa shape index (κ2) is 25.4. The second-order valence-corrected chi connectivity index (χ2v) is 17.0. The Bertz CT molecular complexity index is 2990. The van der Waals surface area contributed by atoms with Gasteiger partial charge in [0, 0.05) is 98.3 Å². The fourth-order valence-corrected chi connectivity index (χ4v) is 8.07. The minimum atomic E-state index is -2.06. The molecule has 7 N–H and O–H groups in total. The van der Waals surface area contributed by atoms with Crippen LogP contribution in [-0.4, -0.2) is 125 Å². The SMILES string of the molecule is CC[C@]1(O)C(=O)OCc2c1cc1n(c2=O)Cc2c-1nc1cc(F)c(C)cc1c2CNC(=O)CNC(=O)[C@H](Cc1ccccc1)NC(=O)CNC(=O)CNC(=O)COCCOCCNC(=O)c1cnc([S-])nc1.[Tb]. The van der Waals surface area contributed by atoms with Crippen LogP contribution in [0.2, 0.25) is 0 Å². The Morgan fingerprint density at radius 3 is 2.30 bits per heavy atom. The Balaban J connectivity index is 0.00000869. The van der Waals surface area contributed by atoms with Crippen molar-refractivity contribution in [2.75, 3.05) is 52.6 Å². The molecule has 25 heteroatoms. The number of pyridine rings is 2. The number of nitrogens with one attached hydrogen (secondary N) is 6. The monoisotopic (exact) mass is 1170 g/mol. The molecule has 2 atom stereocenters. The molecule has 0 saturated carbocycles. The molecule has 0 bridgehead atoms. The number of aromatic nitrogens is 4. The van der Waals surface area contributed by atoms with Crippen molar-refractivity contribution in [3.05, 3.63) is 116 Å². The number of amides is 6. The largest absolute Gasteiger partial charge is 0.740 e. The summed E-state index contributed by atoms with van der Waals surface area (Å²) in [5.41, 5.74) is 0.793. The number of ether oxygens (including phenoxy) is 3. The van der Waals surface area contributed by atoms with Gasteiger partial charge in [0.15, 0.2) is 5.60 Å². The van der Waals surface area contributed by atoms with Gasteiger partial charge in [0.05, 0.1) is 74.0 Å². The summed E-state index contributed by atoms with van der Waals surface area (Å²) in [6.45, 7) is 1.33. The molecule has 2 aliphatic heterocycles. The van der Waals surface area contributed by atoms with E-state index >= 15 is 0 Å². The van der Waals surface area contributed by atoms with Crippen molar-refractivity contribution >= 4 is 64.9 Å². The van der Waals surface area contributed by atoms with Crippen LogP contribution in [0.3, 0.4) is 0 Å². The van der Waals surface area contributed by atoms with Crippen LogP contribution in [0.5, 0.6) is 0 Å². The predicted octanol–water partition coefficient (Wildman–Crippen LogP) is -0.622. The number of halogens is 1. The van der Waals surface area contributed by atoms with Crippen LogP contribution in [0, 0.1) is 51.4 Å². The molecule has 7 rings (SSSR count). The Morgan fingerprint density at radius 2 is 1.56 bits per heavy atom. The van der Waals surface area contributed by atoms with E-state index in [1.807, 2.05) is 0 Å². The van der Waals surface area contributed by atoms with E-state index in [9.17, 15) is 47.9 Å². The van der Waals surface area contributed by atoms with E-state index in [1.54, 1.807) is 50.2 Å². The van der Waals surface area contributed by atoms with Gasteiger partial charge >= 0.3 is 5.97 Å². The maximum Gasteiger partial charge on any atom is 0.343 e. The topological polar surface area (TPSA) is 300 Å². The molecule has 6 amide bonds. The molecule has 73 heavy (non-hydrogen) atoms. The van der Waals surface area contributed by atoms with E-state index in [2.05, 4.69) is 41.9 Å². The Morgan fingerprint density at radius 1 is 0.877 bits per heavy atom. The van der Waals surface area contributed by atoms with E-state index in [-0.39, 0.29) is 131 Å². The third kappa shape index (κ3) is 13.8. The van der Waals surface area contributed by atoms with Crippen LogP contribution in [-0.2, 0) is 87.3 Å². The van der Waals surface area contributed by atoms with Crippen molar-refractivity contribution in [3.8, 4) is 11.4 Å². The van der Waals surface area contributed by atoms with Gasteiger partial charge in [0.1, 0.15) is 25.1 Å². The second-order valence-electron chi connectivity index (χ2n) is 16.7. The molecule has 3 aromatic heterocycles. The predicted molar refractivity (Wildman–Crippen MR) is 254 cm³/mol. The average Bonchev–Trinajstić information content (AvgIpc) is 3.74. The van der Waals surface area contributed by atoms with Gasteiger partial charge in [-0.15, -0.1) is 0 Å². The first-order valence-corrected chi connectivity index (χ1v) is 23.1. The van der Waals surface area contributed by atoms with E-state index in [4.69, 9.17) is 31.8 Å². The minimum absolute atomic E-state index is 0. The quantitative estimate of drug-likeness (QED) is 0.0193. The number of cyclic esters (lactones) is 1. The number of aliphatic hydroxyl groups is 1. The minimum Gasteiger partial charge on any atom is -0.740 e. The molecule has 5 aromatic rings. The fraction of sp³-hybridized carbons (Fsp3) is 0.354. The molecule has 0 spiro atoms. The number of aryl methyl sites for hydroxylation is 1. The summed E-state index contributed by atoms with van der Waals surface area (Å²) >= 11 is 4.79. The first-order valence-electron chi connectivity index (χ1n) is 22.7. The molecule has 2 aliphatic rings. The Labute approximate surface area is 452 Å². The Kier molecular flexibility index (Phi) is 19.4. The molecule has 0 fully saturated rings. The molecule has 0 aliphatic carbocycles. The normalized spacial score (nSPS) is 14.5. The number of esters is 1. The molecular weight excluding hydrogens is 1120 g/mol. The number of benzene rings is 2. The smallest absolute Gasteiger partial charge is 0.343 e. The van der Waals surface area contributed by atoms with Crippen LogP contribution in [0.4, 0.5) is 4.39 Å². The Hall–Kier alpha value is -6.51. The van der Waals surface area contributed by atoms with Gasteiger partial charge in [0.2, 0.25) is 29.5 Å². The summed E-state index contributed by atoms with van der Waals surface area (Å²) in [5, 5.41) is 27.2. The number of carbonyl (C=O) groups is 7. The van der Waals surface area contributed by atoms with E-state index in [1.165, 1.54) is 29.1 Å².